The highest BCUT2D eigenvalue weighted by Crippen LogP contribution is 2.11. The van der Waals surface area contributed by atoms with Gasteiger partial charge in [0.25, 0.3) is 0 Å². The summed E-state index contributed by atoms with van der Waals surface area (Å²) in [7, 11) is 3.24. The molecular weight excluding hydrogens is 142 g/mol. The normalized spacial score (nSPS) is 9.73. The van der Waals surface area contributed by atoms with Gasteiger partial charge in [-0.3, -0.25) is 0 Å². The Morgan fingerprint density at radius 3 is 2.64 bits per heavy atom. The van der Waals surface area contributed by atoms with E-state index in [0.717, 1.165) is 5.56 Å². The fraction of sp³-hybridized carbons (Fsp3) is 0.250. The second-order valence-corrected chi connectivity index (χ2v) is 2.57. The first-order chi connectivity index (χ1) is 5.15. The van der Waals surface area contributed by atoms with E-state index in [1.54, 1.807) is 15.0 Å². The molecule has 0 saturated heterocycles. The van der Waals surface area contributed by atoms with Crippen molar-refractivity contribution in [1.29, 1.82) is 0 Å². The number of methoxy groups -OCH3 is 1. The maximum atomic E-state index is 12.9. The molecule has 1 aromatic rings. The highest BCUT2D eigenvalue weighted by atomic mass is 19.1. The van der Waals surface area contributed by atoms with Crippen molar-refractivity contribution < 1.29 is 9.13 Å². The molecule has 0 spiro atoms. The fourth-order valence-electron chi connectivity index (χ4n) is 0.995. The zero-order chi connectivity index (χ0) is 8.43. The first-order valence-electron chi connectivity index (χ1n) is 3.46. The Kier molecular flexibility index (Phi) is 2.18. The largest absolute Gasteiger partial charge is 0.497 e. The molecule has 0 amide bonds. The molecule has 0 aromatic heterocycles. The predicted octanol–water partition coefficient (Wildman–Crippen LogP) is 0.401. The maximum Gasteiger partial charge on any atom is 0.148 e. The molecule has 0 fully saturated rings. The summed E-state index contributed by atoms with van der Waals surface area (Å²) in [4.78, 5) is 0. The molecule has 3 heteroatoms. The van der Waals surface area contributed by atoms with Crippen molar-refractivity contribution in [3.63, 3.8) is 0 Å². The van der Waals surface area contributed by atoms with Gasteiger partial charge < -0.3 is 4.74 Å². The van der Waals surface area contributed by atoms with E-state index in [9.17, 15) is 4.39 Å². The molecule has 0 unspecified atom stereocenters. The van der Waals surface area contributed by atoms with Crippen LogP contribution in [0.3, 0.4) is 0 Å². The first kappa shape index (κ1) is 8.11. The molecule has 0 atom stereocenters. The minimum atomic E-state index is -0.207. The second-order valence-electron chi connectivity index (χ2n) is 2.57. The van der Waals surface area contributed by atoms with E-state index in [2.05, 4.69) is 0 Å². The van der Waals surface area contributed by atoms with Gasteiger partial charge in [-0.1, -0.05) is 0 Å². The number of ether oxygens (including phenoxy) is 1. The first-order valence-corrected chi connectivity index (χ1v) is 3.46. The average molecular weight is 152 g/mol. The lowest BCUT2D eigenvalue weighted by atomic mass is 9.93. The number of aryl methyl sites for hydroxylation is 1. The summed E-state index contributed by atoms with van der Waals surface area (Å²) in [6.45, 7) is 1.84. The van der Waals surface area contributed by atoms with Gasteiger partial charge in [0.2, 0.25) is 0 Å². The molecule has 0 N–H and O–H groups in total. The molecule has 11 heavy (non-hydrogen) atoms. The van der Waals surface area contributed by atoms with Gasteiger partial charge in [0.15, 0.2) is 0 Å². The summed E-state index contributed by atoms with van der Waals surface area (Å²) in [5.41, 5.74) is 1.45. The monoisotopic (exact) mass is 152 g/mol. The Balaban J connectivity index is 3.24. The lowest BCUT2D eigenvalue weighted by molar-refractivity contribution is 0.415. The standard InChI is InChI=1S/C8H10BFO/c1-5-3-6(10)8(9)7(4-5)11-2/h3-4H,9H2,1-2H3. The van der Waals surface area contributed by atoms with Crippen molar-refractivity contribution in [3.8, 4) is 5.75 Å². The summed E-state index contributed by atoms with van der Waals surface area (Å²) in [5, 5.41) is 0. The third-order valence-corrected chi connectivity index (χ3v) is 1.66. The van der Waals surface area contributed by atoms with Crippen molar-refractivity contribution in [2.45, 2.75) is 6.92 Å². The maximum absolute atomic E-state index is 12.9. The fourth-order valence-corrected chi connectivity index (χ4v) is 0.995. The summed E-state index contributed by atoms with van der Waals surface area (Å²) < 4.78 is 17.9. The van der Waals surface area contributed by atoms with E-state index >= 15 is 0 Å². The van der Waals surface area contributed by atoms with Gasteiger partial charge in [-0.05, 0) is 30.1 Å². The molecule has 0 bridgehead atoms. The van der Waals surface area contributed by atoms with Crippen molar-refractivity contribution in [3.05, 3.63) is 23.5 Å². The smallest absolute Gasteiger partial charge is 0.148 e. The van der Waals surface area contributed by atoms with Crippen LogP contribution in [-0.2, 0) is 0 Å². The molecule has 0 heterocycles. The molecule has 0 saturated carbocycles. The third-order valence-electron chi connectivity index (χ3n) is 1.66. The predicted molar refractivity (Wildman–Crippen MR) is 45.9 cm³/mol. The quantitative estimate of drug-likeness (QED) is 0.529. The van der Waals surface area contributed by atoms with Gasteiger partial charge in [0, 0.05) is 0 Å². The Morgan fingerprint density at radius 2 is 2.09 bits per heavy atom. The zero-order valence-electron chi connectivity index (χ0n) is 6.94. The topological polar surface area (TPSA) is 9.23 Å². The van der Waals surface area contributed by atoms with Crippen LogP contribution < -0.4 is 10.2 Å². The van der Waals surface area contributed by atoms with E-state index in [1.165, 1.54) is 6.07 Å². The lowest BCUT2D eigenvalue weighted by Gasteiger charge is -2.06. The lowest BCUT2D eigenvalue weighted by Crippen LogP contribution is -2.12. The van der Waals surface area contributed by atoms with Gasteiger partial charge in [0.05, 0.1) is 7.11 Å². The van der Waals surface area contributed by atoms with Gasteiger partial charge in [-0.25, -0.2) is 4.39 Å². The molecule has 1 rings (SSSR count). The summed E-state index contributed by atoms with van der Waals surface area (Å²) in [5.74, 6) is 0.407. The summed E-state index contributed by atoms with van der Waals surface area (Å²) in [6.07, 6.45) is 0. The van der Waals surface area contributed by atoms with Crippen LogP contribution in [0, 0.1) is 12.7 Å². The van der Waals surface area contributed by atoms with Crippen molar-refractivity contribution in [2.75, 3.05) is 7.11 Å². The third kappa shape index (κ3) is 1.53. The molecule has 0 aliphatic carbocycles. The van der Waals surface area contributed by atoms with E-state index in [1.807, 2.05) is 13.0 Å². The molecule has 0 radical (unpaired) electrons. The Labute approximate surface area is 66.6 Å². The minimum Gasteiger partial charge on any atom is -0.497 e. The van der Waals surface area contributed by atoms with Gasteiger partial charge in [0.1, 0.15) is 19.4 Å². The van der Waals surface area contributed by atoms with E-state index < -0.39 is 0 Å². The molecule has 1 aromatic carbocycles. The summed E-state index contributed by atoms with van der Waals surface area (Å²) >= 11 is 0. The van der Waals surface area contributed by atoms with Crippen LogP contribution in [0.15, 0.2) is 12.1 Å². The number of hydrogen-bond acceptors (Lipinski definition) is 1. The molecular formula is C8H10BFO. The van der Waals surface area contributed by atoms with Crippen LogP contribution in [0.25, 0.3) is 0 Å². The van der Waals surface area contributed by atoms with Gasteiger partial charge in [-0.2, -0.15) is 0 Å². The minimum absolute atomic E-state index is 0.207. The number of benzene rings is 1. The van der Waals surface area contributed by atoms with E-state index in [0.29, 0.717) is 11.2 Å². The number of hydrogen-bond donors (Lipinski definition) is 0. The van der Waals surface area contributed by atoms with Crippen LogP contribution in [0.1, 0.15) is 5.56 Å². The number of halogens is 1. The Morgan fingerprint density at radius 1 is 1.45 bits per heavy atom. The molecule has 0 aliphatic rings. The Hall–Kier alpha value is -0.985. The van der Waals surface area contributed by atoms with Crippen molar-refractivity contribution in [1.82, 2.24) is 0 Å². The molecule has 0 aliphatic heterocycles. The van der Waals surface area contributed by atoms with E-state index in [4.69, 9.17) is 4.74 Å². The van der Waals surface area contributed by atoms with Crippen LogP contribution in [0.4, 0.5) is 4.39 Å². The zero-order valence-corrected chi connectivity index (χ0v) is 6.94. The van der Waals surface area contributed by atoms with Crippen molar-refractivity contribution in [2.24, 2.45) is 0 Å². The van der Waals surface area contributed by atoms with Crippen LogP contribution >= 0.6 is 0 Å². The highest BCUT2D eigenvalue weighted by molar-refractivity contribution is 6.34. The van der Waals surface area contributed by atoms with Gasteiger partial charge in [-0.15, -0.1) is 0 Å². The van der Waals surface area contributed by atoms with Gasteiger partial charge >= 0.3 is 0 Å². The van der Waals surface area contributed by atoms with Crippen molar-refractivity contribution >= 4 is 13.3 Å². The van der Waals surface area contributed by atoms with Crippen LogP contribution in [0.5, 0.6) is 5.75 Å². The Bertz CT molecular complexity index is 273. The van der Waals surface area contributed by atoms with Crippen LogP contribution in [-0.4, -0.2) is 15.0 Å². The SMILES string of the molecule is Bc1c(F)cc(C)cc1OC. The summed E-state index contributed by atoms with van der Waals surface area (Å²) in [6, 6.07) is 3.32. The molecule has 1 nitrogen and oxygen atoms in total. The van der Waals surface area contributed by atoms with Crippen LogP contribution in [0.2, 0.25) is 0 Å². The molecule has 58 valence electrons. The number of rotatable bonds is 1. The van der Waals surface area contributed by atoms with E-state index in [-0.39, 0.29) is 5.82 Å². The second kappa shape index (κ2) is 2.95. The highest BCUT2D eigenvalue weighted by Gasteiger charge is 2.03. The average Bonchev–Trinajstić information content (AvgIpc) is 1.96.